The monoisotopic (exact) mass is 598 g/mol. The highest BCUT2D eigenvalue weighted by Gasteiger charge is 2.34. The van der Waals surface area contributed by atoms with Crippen LogP contribution < -0.4 is 15.5 Å². The molecule has 0 bridgehead atoms. The lowest BCUT2D eigenvalue weighted by atomic mass is 9.97. The summed E-state index contributed by atoms with van der Waals surface area (Å²) in [7, 11) is 1.55. The summed E-state index contributed by atoms with van der Waals surface area (Å²) >= 11 is 6.90. The van der Waals surface area contributed by atoms with E-state index in [2.05, 4.69) is 25.6 Å². The van der Waals surface area contributed by atoms with E-state index < -0.39 is 28.6 Å². The molecule has 1 aromatic carbocycles. The average Bonchev–Trinajstić information content (AvgIpc) is 3.33. The summed E-state index contributed by atoms with van der Waals surface area (Å²) < 4.78 is 45.4. The van der Waals surface area contributed by atoms with Gasteiger partial charge in [-0.2, -0.15) is 13.2 Å². The highest BCUT2D eigenvalue weighted by Crippen LogP contribution is 2.39. The molecule has 214 valence electrons. The molecule has 0 atom stereocenters. The first-order valence-electron chi connectivity index (χ1n) is 12.2. The number of methoxy groups -OCH3 is 1. The molecule has 0 saturated carbocycles. The van der Waals surface area contributed by atoms with E-state index in [1.807, 2.05) is 4.90 Å². The number of hydrogen-bond donors (Lipinski definition) is 3. The third-order valence-corrected chi connectivity index (χ3v) is 7.57. The van der Waals surface area contributed by atoms with Crippen LogP contribution in [0.4, 0.5) is 24.1 Å². The fraction of sp³-hybridized carbons (Fsp3) is 0.400. The first-order chi connectivity index (χ1) is 19.1. The normalized spacial score (nSPS) is 14.4. The van der Waals surface area contributed by atoms with E-state index in [-0.39, 0.29) is 34.5 Å². The molecule has 2 aromatic heterocycles. The molecule has 0 aliphatic carbocycles. The lowest BCUT2D eigenvalue weighted by Gasteiger charge is -2.30. The Morgan fingerprint density at radius 2 is 1.98 bits per heavy atom. The van der Waals surface area contributed by atoms with Crippen molar-refractivity contribution in [2.24, 2.45) is 5.92 Å². The SMILES string of the molecule is COCCNCc1sc(NC(=O)c2cnc(N3CCC(C(=O)O)CC3)cn2)nc1-c1ccc(Cl)c(C(F)(F)F)c1. The smallest absolute Gasteiger partial charge is 0.417 e. The standard InChI is InChI=1S/C25H26ClF3N6O4S/c1-39-9-6-30-12-19-21(15-2-3-17(26)16(10-15)25(27,28)29)33-24(40-19)34-22(36)18-11-32-20(13-31-18)35-7-4-14(5-8-35)23(37)38/h2-3,10-11,13-14,30H,4-9,12H2,1H3,(H,37,38)(H,33,34,36). The number of halogens is 4. The molecule has 1 aliphatic rings. The summed E-state index contributed by atoms with van der Waals surface area (Å²) in [5, 5.41) is 14.7. The first-order valence-corrected chi connectivity index (χ1v) is 13.4. The van der Waals surface area contributed by atoms with Crippen LogP contribution in [0.2, 0.25) is 5.02 Å². The lowest BCUT2D eigenvalue weighted by molar-refractivity contribution is -0.142. The molecule has 40 heavy (non-hydrogen) atoms. The minimum Gasteiger partial charge on any atom is -0.481 e. The van der Waals surface area contributed by atoms with Gasteiger partial charge in [-0.25, -0.2) is 15.0 Å². The number of carboxylic acids is 1. The third-order valence-electron chi connectivity index (χ3n) is 6.27. The fourth-order valence-electron chi connectivity index (χ4n) is 4.13. The zero-order valence-corrected chi connectivity index (χ0v) is 22.9. The predicted molar refractivity (Wildman–Crippen MR) is 144 cm³/mol. The van der Waals surface area contributed by atoms with Crippen molar-refractivity contribution in [3.8, 4) is 11.3 Å². The molecule has 0 unspecified atom stereocenters. The number of nitrogens with zero attached hydrogens (tertiary/aromatic N) is 4. The van der Waals surface area contributed by atoms with Crippen LogP contribution >= 0.6 is 22.9 Å². The van der Waals surface area contributed by atoms with Gasteiger partial charge < -0.3 is 20.1 Å². The van der Waals surface area contributed by atoms with Crippen LogP contribution in [0.3, 0.4) is 0 Å². The lowest BCUT2D eigenvalue weighted by Crippen LogP contribution is -2.36. The number of carbonyl (C=O) groups is 2. The number of aliphatic carboxylic acids is 1. The largest absolute Gasteiger partial charge is 0.481 e. The Kier molecular flexibility index (Phi) is 9.56. The maximum Gasteiger partial charge on any atom is 0.417 e. The van der Waals surface area contributed by atoms with Crippen LogP contribution in [0.1, 0.15) is 33.8 Å². The Hall–Kier alpha value is -3.33. The van der Waals surface area contributed by atoms with Gasteiger partial charge in [-0.1, -0.05) is 29.0 Å². The van der Waals surface area contributed by atoms with E-state index in [1.165, 1.54) is 24.5 Å². The summed E-state index contributed by atoms with van der Waals surface area (Å²) in [6.07, 6.45) is -0.905. The number of amides is 1. The van der Waals surface area contributed by atoms with Crippen molar-refractivity contribution in [2.45, 2.75) is 25.6 Å². The first kappa shape index (κ1) is 29.6. The Balaban J connectivity index is 1.51. The Morgan fingerprint density at radius 1 is 1.23 bits per heavy atom. The second kappa shape index (κ2) is 12.9. The van der Waals surface area contributed by atoms with Gasteiger partial charge in [0.2, 0.25) is 0 Å². The van der Waals surface area contributed by atoms with Gasteiger partial charge in [0.15, 0.2) is 5.13 Å². The number of rotatable bonds is 10. The Morgan fingerprint density at radius 3 is 2.60 bits per heavy atom. The molecular weight excluding hydrogens is 573 g/mol. The maximum absolute atomic E-state index is 13.5. The zero-order chi connectivity index (χ0) is 28.9. The topological polar surface area (TPSA) is 130 Å². The van der Waals surface area contributed by atoms with Gasteiger partial charge in [0, 0.05) is 43.7 Å². The van der Waals surface area contributed by atoms with Gasteiger partial charge in [-0.15, -0.1) is 0 Å². The quantitative estimate of drug-likeness (QED) is 0.288. The highest BCUT2D eigenvalue weighted by molar-refractivity contribution is 7.16. The van der Waals surface area contributed by atoms with Gasteiger partial charge in [0.05, 0.1) is 41.2 Å². The molecule has 3 heterocycles. The number of carboxylic acid groups (broad SMARTS) is 1. The van der Waals surface area contributed by atoms with Crippen molar-refractivity contribution in [3.63, 3.8) is 0 Å². The van der Waals surface area contributed by atoms with Crippen LogP contribution in [0.5, 0.6) is 0 Å². The number of aromatic nitrogens is 3. The van der Waals surface area contributed by atoms with E-state index in [9.17, 15) is 22.8 Å². The highest BCUT2D eigenvalue weighted by atomic mass is 35.5. The van der Waals surface area contributed by atoms with Crippen LogP contribution in [-0.4, -0.2) is 65.3 Å². The molecule has 1 fully saturated rings. The number of thiazole rings is 1. The zero-order valence-electron chi connectivity index (χ0n) is 21.3. The van der Waals surface area contributed by atoms with Crippen molar-refractivity contribution >= 4 is 45.8 Å². The number of alkyl halides is 3. The summed E-state index contributed by atoms with van der Waals surface area (Å²) in [5.41, 5.74) is -0.482. The second-order valence-electron chi connectivity index (χ2n) is 8.97. The van der Waals surface area contributed by atoms with E-state index in [0.29, 0.717) is 49.8 Å². The molecule has 0 radical (unpaired) electrons. The number of anilines is 2. The van der Waals surface area contributed by atoms with Crippen molar-refractivity contribution in [3.05, 3.63) is 51.7 Å². The molecule has 15 heteroatoms. The Labute approximate surface area is 236 Å². The molecular formula is C25H26ClF3N6O4S. The van der Waals surface area contributed by atoms with Crippen LogP contribution in [0, 0.1) is 5.92 Å². The number of nitrogens with one attached hydrogen (secondary N) is 2. The van der Waals surface area contributed by atoms with Gasteiger partial charge in [-0.3, -0.25) is 14.9 Å². The van der Waals surface area contributed by atoms with E-state index >= 15 is 0 Å². The van der Waals surface area contributed by atoms with Crippen LogP contribution in [-0.2, 0) is 22.3 Å². The van der Waals surface area contributed by atoms with Crippen molar-refractivity contribution in [2.75, 3.05) is 43.6 Å². The van der Waals surface area contributed by atoms with Crippen molar-refractivity contribution < 1.29 is 32.6 Å². The summed E-state index contributed by atoms with van der Waals surface area (Å²) in [6, 6.07) is 3.55. The van der Waals surface area contributed by atoms with Crippen LogP contribution in [0.25, 0.3) is 11.3 Å². The summed E-state index contributed by atoms with van der Waals surface area (Å²) in [5.74, 6) is -1.25. The molecule has 0 spiro atoms. The number of ether oxygens (including phenoxy) is 1. The van der Waals surface area contributed by atoms with Gasteiger partial charge >= 0.3 is 12.1 Å². The van der Waals surface area contributed by atoms with Crippen molar-refractivity contribution in [1.82, 2.24) is 20.3 Å². The molecule has 3 aromatic rings. The second-order valence-corrected chi connectivity index (χ2v) is 10.5. The summed E-state index contributed by atoms with van der Waals surface area (Å²) in [6.45, 7) is 2.24. The van der Waals surface area contributed by atoms with E-state index in [4.69, 9.17) is 21.4 Å². The number of hydrogen-bond acceptors (Lipinski definition) is 9. The fourth-order valence-corrected chi connectivity index (χ4v) is 5.31. The maximum atomic E-state index is 13.5. The molecule has 1 amide bonds. The minimum absolute atomic E-state index is 0.0199. The average molecular weight is 599 g/mol. The third kappa shape index (κ3) is 7.24. The number of piperidine rings is 1. The van der Waals surface area contributed by atoms with E-state index in [1.54, 1.807) is 7.11 Å². The number of benzene rings is 1. The molecule has 10 nitrogen and oxygen atoms in total. The molecule has 3 N–H and O–H groups in total. The molecule has 4 rings (SSSR count). The van der Waals surface area contributed by atoms with Crippen molar-refractivity contribution in [1.29, 1.82) is 0 Å². The van der Waals surface area contributed by atoms with Gasteiger partial charge in [0.25, 0.3) is 5.91 Å². The predicted octanol–water partition coefficient (Wildman–Crippen LogP) is 4.56. The summed E-state index contributed by atoms with van der Waals surface area (Å²) in [4.78, 5) is 39.5. The molecule has 1 saturated heterocycles. The number of carbonyl (C=O) groups excluding carboxylic acids is 1. The van der Waals surface area contributed by atoms with E-state index in [0.717, 1.165) is 17.4 Å². The van der Waals surface area contributed by atoms with Gasteiger partial charge in [-0.05, 0) is 25.0 Å². The minimum atomic E-state index is -4.64. The van der Waals surface area contributed by atoms with Gasteiger partial charge in [0.1, 0.15) is 11.5 Å². The van der Waals surface area contributed by atoms with Crippen LogP contribution in [0.15, 0.2) is 30.6 Å². The Bertz CT molecular complexity index is 1350. The molecule has 1 aliphatic heterocycles.